The molecule has 8 heteroatoms. The zero-order valence-corrected chi connectivity index (χ0v) is 13.3. The third kappa shape index (κ3) is 6.00. The molecule has 0 unspecified atom stereocenters. The van der Waals surface area contributed by atoms with Crippen molar-refractivity contribution >= 4 is 11.6 Å². The standard InChI is InChI=1S/C17H16F3NO4/c1-23-9-10-24-15-8-3-2-7-14(15)16(22)21-12-5-4-6-13(11-12)25-17(18,19)20/h2-8,11H,9-10H2,1H3,(H,21,22). The number of amides is 1. The minimum Gasteiger partial charge on any atom is -0.490 e. The number of carbonyl (C=O) groups is 1. The number of anilines is 1. The highest BCUT2D eigenvalue weighted by molar-refractivity contribution is 6.06. The molecule has 2 aromatic carbocycles. The maximum absolute atomic E-state index is 12.4. The van der Waals surface area contributed by atoms with E-state index in [4.69, 9.17) is 9.47 Å². The van der Waals surface area contributed by atoms with Crippen LogP contribution < -0.4 is 14.8 Å². The molecule has 1 amide bonds. The first kappa shape index (κ1) is 18.6. The molecule has 1 N–H and O–H groups in total. The molecule has 25 heavy (non-hydrogen) atoms. The molecule has 2 rings (SSSR count). The highest BCUT2D eigenvalue weighted by Gasteiger charge is 2.31. The number of methoxy groups -OCH3 is 1. The Morgan fingerprint density at radius 2 is 1.84 bits per heavy atom. The Kier molecular flexibility index (Phi) is 6.24. The van der Waals surface area contributed by atoms with Crippen LogP contribution in [-0.4, -0.2) is 32.6 Å². The molecule has 0 bridgehead atoms. The SMILES string of the molecule is COCCOc1ccccc1C(=O)Nc1cccc(OC(F)(F)F)c1. The second kappa shape index (κ2) is 8.39. The normalized spacial score (nSPS) is 11.0. The summed E-state index contributed by atoms with van der Waals surface area (Å²) in [5, 5.41) is 2.52. The van der Waals surface area contributed by atoms with E-state index < -0.39 is 18.0 Å². The predicted molar refractivity (Wildman–Crippen MR) is 84.9 cm³/mol. The largest absolute Gasteiger partial charge is 0.573 e. The fraction of sp³-hybridized carbons (Fsp3) is 0.235. The van der Waals surface area contributed by atoms with Crippen molar-refractivity contribution in [3.63, 3.8) is 0 Å². The van der Waals surface area contributed by atoms with Gasteiger partial charge in [0.15, 0.2) is 0 Å². The molecule has 0 spiro atoms. The van der Waals surface area contributed by atoms with Crippen molar-refractivity contribution in [1.82, 2.24) is 0 Å². The second-order valence-corrected chi connectivity index (χ2v) is 4.87. The van der Waals surface area contributed by atoms with E-state index in [1.54, 1.807) is 24.3 Å². The lowest BCUT2D eigenvalue weighted by molar-refractivity contribution is -0.274. The van der Waals surface area contributed by atoms with Crippen LogP contribution in [-0.2, 0) is 4.74 Å². The van der Waals surface area contributed by atoms with Crippen LogP contribution >= 0.6 is 0 Å². The number of alkyl halides is 3. The van der Waals surface area contributed by atoms with Gasteiger partial charge >= 0.3 is 6.36 Å². The van der Waals surface area contributed by atoms with Crippen LogP contribution in [0.4, 0.5) is 18.9 Å². The van der Waals surface area contributed by atoms with Gasteiger partial charge in [0.1, 0.15) is 18.1 Å². The van der Waals surface area contributed by atoms with Crippen LogP contribution in [0.15, 0.2) is 48.5 Å². The van der Waals surface area contributed by atoms with E-state index in [9.17, 15) is 18.0 Å². The van der Waals surface area contributed by atoms with Gasteiger partial charge in [-0.1, -0.05) is 18.2 Å². The Morgan fingerprint density at radius 1 is 1.08 bits per heavy atom. The summed E-state index contributed by atoms with van der Waals surface area (Å²) in [6.07, 6.45) is -4.80. The smallest absolute Gasteiger partial charge is 0.490 e. The molecule has 0 aliphatic rings. The molecule has 0 fully saturated rings. The molecule has 5 nitrogen and oxygen atoms in total. The van der Waals surface area contributed by atoms with Gasteiger partial charge in [0.2, 0.25) is 0 Å². The molecule has 134 valence electrons. The average molecular weight is 355 g/mol. The van der Waals surface area contributed by atoms with E-state index in [0.29, 0.717) is 12.4 Å². The van der Waals surface area contributed by atoms with E-state index in [1.165, 1.54) is 19.2 Å². The Balaban J connectivity index is 2.11. The number of hydrogen-bond donors (Lipinski definition) is 1. The van der Waals surface area contributed by atoms with Crippen molar-refractivity contribution in [2.45, 2.75) is 6.36 Å². The summed E-state index contributed by atoms with van der Waals surface area (Å²) >= 11 is 0. The first-order chi connectivity index (χ1) is 11.9. The van der Waals surface area contributed by atoms with Crippen LogP contribution in [0.25, 0.3) is 0 Å². The van der Waals surface area contributed by atoms with Crippen molar-refractivity contribution in [2.24, 2.45) is 0 Å². The molecular formula is C17H16F3NO4. The number of hydrogen-bond acceptors (Lipinski definition) is 4. The maximum atomic E-state index is 12.4. The Hall–Kier alpha value is -2.74. The summed E-state index contributed by atoms with van der Waals surface area (Å²) in [7, 11) is 1.53. The van der Waals surface area contributed by atoms with Gasteiger partial charge in [0, 0.05) is 18.9 Å². The number of rotatable bonds is 7. The Morgan fingerprint density at radius 3 is 2.56 bits per heavy atom. The lowest BCUT2D eigenvalue weighted by Gasteiger charge is -2.13. The van der Waals surface area contributed by atoms with Crippen LogP contribution in [0.5, 0.6) is 11.5 Å². The lowest BCUT2D eigenvalue weighted by Crippen LogP contribution is -2.18. The van der Waals surface area contributed by atoms with Gasteiger partial charge < -0.3 is 19.5 Å². The maximum Gasteiger partial charge on any atom is 0.573 e. The Labute approximate surface area is 142 Å². The van der Waals surface area contributed by atoms with Crippen molar-refractivity contribution in [3.8, 4) is 11.5 Å². The average Bonchev–Trinajstić information content (AvgIpc) is 2.54. The topological polar surface area (TPSA) is 56.8 Å². The zero-order valence-electron chi connectivity index (χ0n) is 13.3. The molecule has 2 aromatic rings. The number of halogens is 3. The summed E-state index contributed by atoms with van der Waals surface area (Å²) in [6, 6.07) is 11.6. The molecule has 0 atom stereocenters. The summed E-state index contributed by atoms with van der Waals surface area (Å²) < 4.78 is 51.0. The highest BCUT2D eigenvalue weighted by Crippen LogP contribution is 2.26. The molecular weight excluding hydrogens is 339 g/mol. The number of benzene rings is 2. The van der Waals surface area contributed by atoms with Crippen LogP contribution in [0, 0.1) is 0 Å². The molecule has 0 saturated carbocycles. The Bertz CT molecular complexity index is 719. The number of carbonyl (C=O) groups excluding carboxylic acids is 1. The van der Waals surface area contributed by atoms with E-state index in [1.807, 2.05) is 0 Å². The molecule has 0 heterocycles. The van der Waals surface area contributed by atoms with Crippen molar-refractivity contribution in [3.05, 3.63) is 54.1 Å². The quantitative estimate of drug-likeness (QED) is 0.766. The number of nitrogens with one attached hydrogen (secondary N) is 1. The van der Waals surface area contributed by atoms with E-state index in [0.717, 1.165) is 12.1 Å². The van der Waals surface area contributed by atoms with Crippen LogP contribution in [0.1, 0.15) is 10.4 Å². The molecule has 0 radical (unpaired) electrons. The highest BCUT2D eigenvalue weighted by atomic mass is 19.4. The van der Waals surface area contributed by atoms with Gasteiger partial charge in [-0.3, -0.25) is 4.79 Å². The minimum absolute atomic E-state index is 0.165. The fourth-order valence-electron chi connectivity index (χ4n) is 1.98. The first-order valence-corrected chi connectivity index (χ1v) is 7.27. The summed E-state index contributed by atoms with van der Waals surface area (Å²) in [6.45, 7) is 0.614. The third-order valence-electron chi connectivity index (χ3n) is 3.00. The third-order valence-corrected chi connectivity index (χ3v) is 3.00. The first-order valence-electron chi connectivity index (χ1n) is 7.27. The van der Waals surface area contributed by atoms with Crippen molar-refractivity contribution < 1.29 is 32.2 Å². The minimum atomic E-state index is -4.80. The zero-order chi connectivity index (χ0) is 18.3. The second-order valence-electron chi connectivity index (χ2n) is 4.87. The summed E-state index contributed by atoms with van der Waals surface area (Å²) in [5.74, 6) is -0.591. The number of ether oxygens (including phenoxy) is 3. The monoisotopic (exact) mass is 355 g/mol. The van der Waals surface area contributed by atoms with Crippen LogP contribution in [0.2, 0.25) is 0 Å². The van der Waals surface area contributed by atoms with Gasteiger partial charge in [0.05, 0.1) is 12.2 Å². The van der Waals surface area contributed by atoms with Gasteiger partial charge in [-0.05, 0) is 24.3 Å². The summed E-state index contributed by atoms with van der Waals surface area (Å²) in [4.78, 5) is 12.4. The van der Waals surface area contributed by atoms with E-state index >= 15 is 0 Å². The number of para-hydroxylation sites is 1. The van der Waals surface area contributed by atoms with Gasteiger partial charge in [-0.2, -0.15) is 0 Å². The molecule has 0 aliphatic heterocycles. The van der Waals surface area contributed by atoms with Gasteiger partial charge in [0.25, 0.3) is 5.91 Å². The fourth-order valence-corrected chi connectivity index (χ4v) is 1.98. The van der Waals surface area contributed by atoms with Crippen molar-refractivity contribution in [2.75, 3.05) is 25.6 Å². The lowest BCUT2D eigenvalue weighted by atomic mass is 10.2. The van der Waals surface area contributed by atoms with E-state index in [-0.39, 0.29) is 17.9 Å². The van der Waals surface area contributed by atoms with E-state index in [2.05, 4.69) is 10.1 Å². The molecule has 0 aromatic heterocycles. The molecule has 0 saturated heterocycles. The van der Waals surface area contributed by atoms with Gasteiger partial charge in [-0.25, -0.2) is 0 Å². The van der Waals surface area contributed by atoms with Gasteiger partial charge in [-0.15, -0.1) is 13.2 Å². The summed E-state index contributed by atoms with van der Waals surface area (Å²) in [5.41, 5.74) is 0.416. The van der Waals surface area contributed by atoms with Crippen LogP contribution in [0.3, 0.4) is 0 Å². The predicted octanol–water partition coefficient (Wildman–Crippen LogP) is 3.86. The van der Waals surface area contributed by atoms with Crippen molar-refractivity contribution in [1.29, 1.82) is 0 Å². The molecule has 0 aliphatic carbocycles.